The van der Waals surface area contributed by atoms with E-state index in [2.05, 4.69) is 5.32 Å². The highest BCUT2D eigenvalue weighted by atomic mass is 19.1. The summed E-state index contributed by atoms with van der Waals surface area (Å²) >= 11 is 0. The van der Waals surface area contributed by atoms with Gasteiger partial charge in [-0.2, -0.15) is 0 Å². The number of benzene rings is 1. The fourth-order valence-electron chi connectivity index (χ4n) is 3.66. The minimum absolute atomic E-state index is 0.0644. The van der Waals surface area contributed by atoms with E-state index in [9.17, 15) is 14.0 Å². The van der Waals surface area contributed by atoms with Crippen molar-refractivity contribution < 1.29 is 19.1 Å². The molecule has 3 rings (SSSR count). The third-order valence-corrected chi connectivity index (χ3v) is 4.67. The summed E-state index contributed by atoms with van der Waals surface area (Å²) in [5.74, 6) is -0.272. The van der Waals surface area contributed by atoms with E-state index in [0.29, 0.717) is 17.2 Å². The van der Waals surface area contributed by atoms with Crippen molar-refractivity contribution in [2.75, 3.05) is 4.90 Å². The van der Waals surface area contributed by atoms with Gasteiger partial charge < -0.3 is 15.3 Å². The van der Waals surface area contributed by atoms with Crippen molar-refractivity contribution in [3.05, 3.63) is 29.6 Å². The fourth-order valence-corrected chi connectivity index (χ4v) is 3.66. The molecule has 118 valence electrons. The lowest BCUT2D eigenvalue weighted by Crippen LogP contribution is -2.53. The molecule has 2 aliphatic rings. The second kappa shape index (κ2) is 5.26. The predicted molar refractivity (Wildman–Crippen MR) is 79.1 cm³/mol. The van der Waals surface area contributed by atoms with E-state index in [1.54, 1.807) is 11.0 Å². The van der Waals surface area contributed by atoms with Crippen LogP contribution in [0.2, 0.25) is 0 Å². The lowest BCUT2D eigenvalue weighted by atomic mass is 9.80. The van der Waals surface area contributed by atoms with E-state index >= 15 is 0 Å². The molecule has 1 aromatic carbocycles. The first-order chi connectivity index (χ1) is 10.4. The Morgan fingerprint density at radius 2 is 2.05 bits per heavy atom. The average molecular weight is 306 g/mol. The van der Waals surface area contributed by atoms with Gasteiger partial charge in [0.2, 0.25) is 5.91 Å². The molecule has 0 saturated heterocycles. The Kier molecular flexibility index (Phi) is 3.54. The third-order valence-electron chi connectivity index (χ3n) is 4.67. The van der Waals surface area contributed by atoms with Crippen LogP contribution >= 0.6 is 0 Å². The monoisotopic (exact) mass is 306 g/mol. The first kappa shape index (κ1) is 14.8. The van der Waals surface area contributed by atoms with E-state index < -0.39 is 18.0 Å². The minimum Gasteiger partial charge on any atom is -0.465 e. The second-order valence-corrected chi connectivity index (χ2v) is 6.21. The molecular weight excluding hydrogens is 287 g/mol. The molecule has 5 nitrogen and oxygen atoms in total. The Bertz CT molecular complexity index is 630. The van der Waals surface area contributed by atoms with Crippen LogP contribution in [0.3, 0.4) is 0 Å². The number of carboxylic acid groups (broad SMARTS) is 1. The van der Waals surface area contributed by atoms with Crippen LogP contribution in [-0.4, -0.2) is 23.1 Å². The van der Waals surface area contributed by atoms with Crippen LogP contribution in [0.5, 0.6) is 0 Å². The van der Waals surface area contributed by atoms with Gasteiger partial charge in [-0.05, 0) is 36.5 Å². The molecule has 0 spiro atoms. The third kappa shape index (κ3) is 2.42. The first-order valence-corrected chi connectivity index (χ1v) is 7.49. The summed E-state index contributed by atoms with van der Waals surface area (Å²) < 4.78 is 13.7. The SMILES string of the molecule is CC(=O)N1c2cc(F)ccc2[C@H](NC(=O)O)[C@@H](C)[C@H]1C1CC1. The number of nitrogens with one attached hydrogen (secondary N) is 1. The molecule has 2 N–H and O–H groups in total. The molecule has 0 radical (unpaired) electrons. The normalized spacial score (nSPS) is 27.2. The first-order valence-electron chi connectivity index (χ1n) is 7.49. The van der Waals surface area contributed by atoms with Crippen LogP contribution in [0.4, 0.5) is 14.9 Å². The zero-order valence-electron chi connectivity index (χ0n) is 12.5. The number of fused-ring (bicyclic) bond motifs is 1. The lowest BCUT2D eigenvalue weighted by molar-refractivity contribution is -0.117. The number of carbonyl (C=O) groups excluding carboxylic acids is 1. The average Bonchev–Trinajstić information content (AvgIpc) is 3.24. The van der Waals surface area contributed by atoms with Gasteiger partial charge in [0, 0.05) is 18.9 Å². The van der Waals surface area contributed by atoms with Crippen LogP contribution in [0, 0.1) is 17.7 Å². The number of carbonyl (C=O) groups is 2. The molecule has 22 heavy (non-hydrogen) atoms. The quantitative estimate of drug-likeness (QED) is 0.882. The van der Waals surface area contributed by atoms with Gasteiger partial charge in [-0.15, -0.1) is 0 Å². The molecule has 1 aliphatic heterocycles. The topological polar surface area (TPSA) is 69.6 Å². The Balaban J connectivity index is 2.13. The van der Waals surface area contributed by atoms with Crippen LogP contribution in [0.1, 0.15) is 38.3 Å². The van der Waals surface area contributed by atoms with E-state index in [-0.39, 0.29) is 17.9 Å². The summed E-state index contributed by atoms with van der Waals surface area (Å²) in [5, 5.41) is 11.6. The summed E-state index contributed by atoms with van der Waals surface area (Å²) in [6.45, 7) is 3.42. The van der Waals surface area contributed by atoms with Crippen molar-refractivity contribution in [2.24, 2.45) is 11.8 Å². The van der Waals surface area contributed by atoms with Crippen LogP contribution in [-0.2, 0) is 4.79 Å². The van der Waals surface area contributed by atoms with Crippen molar-refractivity contribution in [3.63, 3.8) is 0 Å². The van der Waals surface area contributed by atoms with Gasteiger partial charge in [0.15, 0.2) is 0 Å². The number of anilines is 1. The zero-order valence-corrected chi connectivity index (χ0v) is 12.5. The van der Waals surface area contributed by atoms with Gasteiger partial charge >= 0.3 is 6.09 Å². The number of halogens is 1. The molecule has 0 unspecified atom stereocenters. The van der Waals surface area contributed by atoms with Crippen molar-refractivity contribution in [2.45, 2.75) is 38.8 Å². The van der Waals surface area contributed by atoms with Crippen LogP contribution < -0.4 is 10.2 Å². The van der Waals surface area contributed by atoms with Crippen LogP contribution in [0.25, 0.3) is 0 Å². The zero-order chi connectivity index (χ0) is 16.0. The Labute approximate surface area is 128 Å². The minimum atomic E-state index is -1.11. The van der Waals surface area contributed by atoms with Gasteiger partial charge in [0.1, 0.15) is 5.82 Å². The molecule has 2 amide bonds. The smallest absolute Gasteiger partial charge is 0.405 e. The maximum atomic E-state index is 13.7. The van der Waals surface area contributed by atoms with Crippen molar-refractivity contribution >= 4 is 17.7 Å². The number of hydrogen-bond donors (Lipinski definition) is 2. The van der Waals surface area contributed by atoms with Crippen LogP contribution in [0.15, 0.2) is 18.2 Å². The molecular formula is C16H19FN2O3. The molecule has 1 aromatic rings. The van der Waals surface area contributed by atoms with Gasteiger partial charge in [-0.25, -0.2) is 9.18 Å². The summed E-state index contributed by atoms with van der Waals surface area (Å²) in [7, 11) is 0. The Morgan fingerprint density at radius 1 is 1.36 bits per heavy atom. The van der Waals surface area contributed by atoms with Gasteiger partial charge in [-0.1, -0.05) is 13.0 Å². The summed E-state index contributed by atoms with van der Waals surface area (Å²) in [4.78, 5) is 24.9. The molecule has 1 aliphatic carbocycles. The standard InChI is InChI=1S/C16H19FN2O3/c1-8-14(18-16(21)22)12-6-5-11(17)7-13(12)19(9(2)20)15(8)10-3-4-10/h5-8,10,14-15,18H,3-4H2,1-2H3,(H,21,22)/t8-,14-,15+/m1/s1. The summed E-state index contributed by atoms with van der Waals surface area (Å²) in [5.41, 5.74) is 1.14. The molecule has 0 aromatic heterocycles. The molecule has 0 bridgehead atoms. The summed E-state index contributed by atoms with van der Waals surface area (Å²) in [6.07, 6.45) is 0.921. The Hall–Kier alpha value is -2.11. The lowest BCUT2D eigenvalue weighted by Gasteiger charge is -2.45. The van der Waals surface area contributed by atoms with E-state index in [1.807, 2.05) is 6.92 Å². The number of hydrogen-bond acceptors (Lipinski definition) is 2. The van der Waals surface area contributed by atoms with Crippen molar-refractivity contribution in [1.29, 1.82) is 0 Å². The van der Waals surface area contributed by atoms with Gasteiger partial charge in [-0.3, -0.25) is 4.79 Å². The molecule has 3 atom stereocenters. The maximum Gasteiger partial charge on any atom is 0.405 e. The molecule has 1 saturated carbocycles. The number of amides is 2. The Morgan fingerprint density at radius 3 is 2.59 bits per heavy atom. The van der Waals surface area contributed by atoms with Crippen molar-refractivity contribution in [3.8, 4) is 0 Å². The number of rotatable bonds is 2. The van der Waals surface area contributed by atoms with Crippen molar-refractivity contribution in [1.82, 2.24) is 5.32 Å². The van der Waals surface area contributed by atoms with E-state index in [0.717, 1.165) is 12.8 Å². The molecule has 6 heteroatoms. The molecule has 1 fully saturated rings. The molecule has 1 heterocycles. The van der Waals surface area contributed by atoms with E-state index in [1.165, 1.54) is 19.1 Å². The summed E-state index contributed by atoms with van der Waals surface area (Å²) in [6, 6.07) is 3.67. The predicted octanol–water partition coefficient (Wildman–Crippen LogP) is 2.92. The van der Waals surface area contributed by atoms with Gasteiger partial charge in [0.05, 0.1) is 11.7 Å². The second-order valence-electron chi connectivity index (χ2n) is 6.21. The number of nitrogens with zero attached hydrogens (tertiary/aromatic N) is 1. The highest BCUT2D eigenvalue weighted by Gasteiger charge is 2.47. The maximum absolute atomic E-state index is 13.7. The fraction of sp³-hybridized carbons (Fsp3) is 0.500. The van der Waals surface area contributed by atoms with Gasteiger partial charge in [0.25, 0.3) is 0 Å². The van der Waals surface area contributed by atoms with E-state index in [4.69, 9.17) is 5.11 Å². The highest BCUT2D eigenvalue weighted by molar-refractivity contribution is 5.94. The highest BCUT2D eigenvalue weighted by Crippen LogP contribution is 2.49. The largest absolute Gasteiger partial charge is 0.465 e.